The Morgan fingerprint density at radius 1 is 1.23 bits per heavy atom. The van der Waals surface area contributed by atoms with Gasteiger partial charge in [0.15, 0.2) is 0 Å². The maximum absolute atomic E-state index is 12.4. The second-order valence-corrected chi connectivity index (χ2v) is 8.54. The van der Waals surface area contributed by atoms with Crippen molar-refractivity contribution in [2.75, 3.05) is 6.54 Å². The first kappa shape index (κ1) is 18.5. The van der Waals surface area contributed by atoms with Crippen LogP contribution in [-0.2, 0) is 24.1 Å². The van der Waals surface area contributed by atoms with Crippen molar-refractivity contribution < 1.29 is 19.4 Å². The van der Waals surface area contributed by atoms with Crippen LogP contribution in [0.4, 0.5) is 4.79 Å². The number of carboxylic acid groups (broad SMARTS) is 1. The van der Waals surface area contributed by atoms with E-state index >= 15 is 0 Å². The van der Waals surface area contributed by atoms with E-state index in [0.717, 1.165) is 21.6 Å². The summed E-state index contributed by atoms with van der Waals surface area (Å²) >= 11 is 1.34. The third kappa shape index (κ3) is 4.07. The molecule has 0 unspecified atom stereocenters. The molecule has 0 saturated heterocycles. The number of carbonyl (C=O) groups excluding carboxylic acids is 1. The quantitative estimate of drug-likeness (QED) is 0.869. The molecule has 1 aromatic carbocycles. The second kappa shape index (κ2) is 7.11. The van der Waals surface area contributed by atoms with Gasteiger partial charge in [-0.3, -0.25) is 0 Å². The number of fused-ring (bicyclic) bond motifs is 1. The smallest absolute Gasteiger partial charge is 0.410 e. The molecule has 2 heterocycles. The largest absolute Gasteiger partial charge is 0.477 e. The summed E-state index contributed by atoms with van der Waals surface area (Å²) in [7, 11) is 0. The summed E-state index contributed by atoms with van der Waals surface area (Å²) in [5.74, 6) is -0.904. The van der Waals surface area contributed by atoms with Crippen molar-refractivity contribution in [3.63, 3.8) is 0 Å². The summed E-state index contributed by atoms with van der Waals surface area (Å²) in [6, 6.07) is 9.81. The molecule has 0 atom stereocenters. The Morgan fingerprint density at radius 2 is 1.92 bits per heavy atom. The number of thiophene rings is 1. The summed E-state index contributed by atoms with van der Waals surface area (Å²) in [6.07, 6.45) is 0.863. The van der Waals surface area contributed by atoms with Crippen molar-refractivity contribution in [3.05, 3.63) is 56.8 Å². The van der Waals surface area contributed by atoms with Crippen LogP contribution in [0.25, 0.3) is 0 Å². The minimum absolute atomic E-state index is 0.350. The first-order chi connectivity index (χ1) is 12.2. The monoisotopic (exact) mass is 373 g/mol. The second-order valence-electron chi connectivity index (χ2n) is 7.43. The molecule has 1 aromatic heterocycles. The molecule has 6 heteroatoms. The van der Waals surface area contributed by atoms with Crippen molar-refractivity contribution >= 4 is 23.4 Å². The van der Waals surface area contributed by atoms with Crippen LogP contribution in [0.15, 0.2) is 30.3 Å². The van der Waals surface area contributed by atoms with Crippen LogP contribution in [0.5, 0.6) is 0 Å². The lowest BCUT2D eigenvalue weighted by Gasteiger charge is -2.30. The van der Waals surface area contributed by atoms with Gasteiger partial charge in [-0.1, -0.05) is 30.3 Å². The van der Waals surface area contributed by atoms with Crippen LogP contribution in [0.3, 0.4) is 0 Å². The Hall–Kier alpha value is -2.34. The molecule has 0 fully saturated rings. The van der Waals surface area contributed by atoms with Crippen molar-refractivity contribution in [1.82, 2.24) is 4.90 Å². The molecule has 5 nitrogen and oxygen atoms in total. The molecule has 1 aliphatic heterocycles. The zero-order valence-corrected chi connectivity index (χ0v) is 16.1. The lowest BCUT2D eigenvalue weighted by Crippen LogP contribution is -2.39. The Balaban J connectivity index is 1.90. The van der Waals surface area contributed by atoms with E-state index in [1.807, 2.05) is 51.1 Å². The van der Waals surface area contributed by atoms with Gasteiger partial charge >= 0.3 is 12.1 Å². The number of benzene rings is 1. The standard InChI is InChI=1S/C20H23NO4S/c1-20(2,3)25-19(24)21-10-9-16-15(12-21)14(17(26-16)18(22)23)11-13-7-5-4-6-8-13/h4-8H,9-12H2,1-3H3,(H,22,23). The van der Waals surface area contributed by atoms with Gasteiger partial charge < -0.3 is 14.7 Å². The van der Waals surface area contributed by atoms with Gasteiger partial charge in [0, 0.05) is 11.4 Å². The molecule has 0 aliphatic carbocycles. The van der Waals surface area contributed by atoms with Gasteiger partial charge in [0.05, 0.1) is 6.54 Å². The van der Waals surface area contributed by atoms with Crippen molar-refractivity contribution in [2.45, 2.75) is 45.8 Å². The molecule has 0 bridgehead atoms. The predicted octanol–water partition coefficient (Wildman–Crippen LogP) is 4.33. The van der Waals surface area contributed by atoms with Crippen molar-refractivity contribution in [2.24, 2.45) is 0 Å². The fourth-order valence-corrected chi connectivity index (χ4v) is 4.24. The average molecular weight is 373 g/mol. The molecule has 0 saturated carbocycles. The minimum Gasteiger partial charge on any atom is -0.477 e. The molecule has 26 heavy (non-hydrogen) atoms. The number of ether oxygens (including phenoxy) is 1. The number of amides is 1. The van der Waals surface area contributed by atoms with Gasteiger partial charge in [-0.05, 0) is 50.3 Å². The number of nitrogens with zero attached hydrogens (tertiary/aromatic N) is 1. The topological polar surface area (TPSA) is 66.8 Å². The van der Waals surface area contributed by atoms with Crippen LogP contribution in [0.2, 0.25) is 0 Å². The van der Waals surface area contributed by atoms with Crippen LogP contribution in [0.1, 0.15) is 52.0 Å². The van der Waals surface area contributed by atoms with E-state index in [2.05, 4.69) is 0 Å². The molecule has 1 N–H and O–H groups in total. The maximum Gasteiger partial charge on any atom is 0.410 e. The molecule has 0 spiro atoms. The number of aromatic carboxylic acids is 1. The summed E-state index contributed by atoms with van der Waals surface area (Å²) in [6.45, 7) is 6.47. The highest BCUT2D eigenvalue weighted by atomic mass is 32.1. The van der Waals surface area contributed by atoms with Gasteiger partial charge in [-0.15, -0.1) is 11.3 Å². The zero-order valence-electron chi connectivity index (χ0n) is 15.2. The van der Waals surface area contributed by atoms with E-state index in [1.165, 1.54) is 11.3 Å². The molecular weight excluding hydrogens is 350 g/mol. The molecule has 1 amide bonds. The number of carboxylic acids is 1. The summed E-state index contributed by atoms with van der Waals surface area (Å²) in [4.78, 5) is 27.3. The van der Waals surface area contributed by atoms with Crippen LogP contribution >= 0.6 is 11.3 Å². The Kier molecular flexibility index (Phi) is 5.05. The van der Waals surface area contributed by atoms with Gasteiger partial charge in [0.25, 0.3) is 0 Å². The van der Waals surface area contributed by atoms with E-state index in [0.29, 0.717) is 30.8 Å². The van der Waals surface area contributed by atoms with Gasteiger partial charge in [-0.2, -0.15) is 0 Å². The zero-order chi connectivity index (χ0) is 18.9. The third-order valence-electron chi connectivity index (χ3n) is 4.23. The molecule has 1 aliphatic rings. The highest BCUT2D eigenvalue weighted by molar-refractivity contribution is 7.14. The first-order valence-electron chi connectivity index (χ1n) is 8.63. The lowest BCUT2D eigenvalue weighted by atomic mass is 9.97. The number of hydrogen-bond acceptors (Lipinski definition) is 4. The van der Waals surface area contributed by atoms with Crippen molar-refractivity contribution in [3.8, 4) is 0 Å². The third-order valence-corrected chi connectivity index (χ3v) is 5.55. The SMILES string of the molecule is CC(C)(C)OC(=O)N1CCc2sc(C(=O)O)c(Cc3ccccc3)c2C1. The molecular formula is C20H23NO4S. The first-order valence-corrected chi connectivity index (χ1v) is 9.45. The fourth-order valence-electron chi connectivity index (χ4n) is 3.09. The lowest BCUT2D eigenvalue weighted by molar-refractivity contribution is 0.0225. The van der Waals surface area contributed by atoms with E-state index in [1.54, 1.807) is 4.90 Å². The van der Waals surface area contributed by atoms with E-state index in [4.69, 9.17) is 4.74 Å². The highest BCUT2D eigenvalue weighted by Crippen LogP contribution is 2.35. The normalized spacial score (nSPS) is 14.0. The number of rotatable bonds is 3. The minimum atomic E-state index is -0.904. The maximum atomic E-state index is 12.4. The van der Waals surface area contributed by atoms with E-state index in [-0.39, 0.29) is 6.09 Å². The molecule has 0 radical (unpaired) electrons. The van der Waals surface area contributed by atoms with E-state index < -0.39 is 11.6 Å². The van der Waals surface area contributed by atoms with Gasteiger partial charge in [0.2, 0.25) is 0 Å². The summed E-state index contributed by atoms with van der Waals surface area (Å²) < 4.78 is 5.48. The van der Waals surface area contributed by atoms with Crippen molar-refractivity contribution in [1.29, 1.82) is 0 Å². The van der Waals surface area contributed by atoms with Crippen LogP contribution in [0, 0.1) is 0 Å². The fraction of sp³-hybridized carbons (Fsp3) is 0.400. The molecule has 2 aromatic rings. The summed E-state index contributed by atoms with van der Waals surface area (Å²) in [5, 5.41) is 9.63. The van der Waals surface area contributed by atoms with Crippen LogP contribution in [-0.4, -0.2) is 34.2 Å². The molecule has 3 rings (SSSR count). The van der Waals surface area contributed by atoms with Gasteiger partial charge in [0.1, 0.15) is 10.5 Å². The Bertz CT molecular complexity index is 820. The predicted molar refractivity (Wildman–Crippen MR) is 101 cm³/mol. The Labute approximate surface area is 157 Å². The number of carbonyl (C=O) groups is 2. The molecule has 138 valence electrons. The highest BCUT2D eigenvalue weighted by Gasteiger charge is 2.31. The van der Waals surface area contributed by atoms with Gasteiger partial charge in [-0.25, -0.2) is 9.59 Å². The number of hydrogen-bond donors (Lipinski definition) is 1. The van der Waals surface area contributed by atoms with E-state index in [9.17, 15) is 14.7 Å². The van der Waals surface area contributed by atoms with Crippen LogP contribution < -0.4 is 0 Å². The summed E-state index contributed by atoms with van der Waals surface area (Å²) in [5.41, 5.74) is 2.29. The average Bonchev–Trinajstić information content (AvgIpc) is 2.92. The Morgan fingerprint density at radius 3 is 2.54 bits per heavy atom.